The molecule has 0 unspecified atom stereocenters. The Morgan fingerprint density at radius 3 is 2.76 bits per heavy atom. The van der Waals surface area contributed by atoms with E-state index in [1.165, 1.54) is 11.3 Å². The Morgan fingerprint density at radius 2 is 2.18 bits per heavy atom. The number of amides is 1. The number of rotatable bonds is 2. The third kappa shape index (κ3) is 2.71. The number of aromatic nitrogens is 2. The Balaban J connectivity index is 2.12. The molecule has 0 fully saturated rings. The Kier molecular flexibility index (Phi) is 2.97. The highest BCUT2D eigenvalue weighted by Gasteiger charge is 2.22. The van der Waals surface area contributed by atoms with Crippen molar-refractivity contribution in [2.45, 2.75) is 20.8 Å². The second-order valence-electron chi connectivity index (χ2n) is 4.59. The number of anilines is 1. The van der Waals surface area contributed by atoms with Crippen molar-refractivity contribution < 1.29 is 9.21 Å². The van der Waals surface area contributed by atoms with E-state index in [4.69, 9.17) is 4.42 Å². The fourth-order valence-corrected chi connectivity index (χ4v) is 1.77. The molecule has 2 rings (SSSR count). The van der Waals surface area contributed by atoms with E-state index >= 15 is 0 Å². The lowest BCUT2D eigenvalue weighted by molar-refractivity contribution is -0.123. The van der Waals surface area contributed by atoms with Crippen LogP contribution >= 0.6 is 11.3 Å². The van der Waals surface area contributed by atoms with Crippen LogP contribution in [0.4, 0.5) is 5.13 Å². The van der Waals surface area contributed by atoms with Crippen LogP contribution in [0.1, 0.15) is 20.8 Å². The molecule has 2 heterocycles. The predicted octanol–water partition coefficient (Wildman–Crippen LogP) is 2.78. The number of furan rings is 1. The van der Waals surface area contributed by atoms with Gasteiger partial charge in [-0.3, -0.25) is 4.79 Å². The highest BCUT2D eigenvalue weighted by Crippen LogP contribution is 2.27. The molecule has 6 heteroatoms. The highest BCUT2D eigenvalue weighted by atomic mass is 32.1. The van der Waals surface area contributed by atoms with Crippen LogP contribution in [-0.2, 0) is 4.79 Å². The molecular weight excluding hydrogens is 238 g/mol. The van der Waals surface area contributed by atoms with Gasteiger partial charge in [-0.2, -0.15) is 0 Å². The van der Waals surface area contributed by atoms with E-state index in [0.29, 0.717) is 15.9 Å². The first-order valence-electron chi connectivity index (χ1n) is 5.15. The quantitative estimate of drug-likeness (QED) is 0.891. The van der Waals surface area contributed by atoms with Gasteiger partial charge in [0.25, 0.3) is 0 Å². The van der Waals surface area contributed by atoms with E-state index in [0.717, 1.165) is 0 Å². The van der Waals surface area contributed by atoms with Gasteiger partial charge in [-0.1, -0.05) is 32.1 Å². The van der Waals surface area contributed by atoms with Gasteiger partial charge in [0, 0.05) is 5.41 Å². The van der Waals surface area contributed by atoms with Gasteiger partial charge in [-0.05, 0) is 12.1 Å². The second kappa shape index (κ2) is 4.29. The van der Waals surface area contributed by atoms with Crippen molar-refractivity contribution >= 4 is 22.4 Å². The van der Waals surface area contributed by atoms with Crippen LogP contribution in [-0.4, -0.2) is 16.1 Å². The molecule has 90 valence electrons. The number of hydrogen-bond acceptors (Lipinski definition) is 5. The van der Waals surface area contributed by atoms with Crippen molar-refractivity contribution in [1.29, 1.82) is 0 Å². The van der Waals surface area contributed by atoms with Gasteiger partial charge in [0.1, 0.15) is 0 Å². The van der Waals surface area contributed by atoms with Crippen LogP contribution in [0.25, 0.3) is 10.8 Å². The zero-order chi connectivity index (χ0) is 12.5. The summed E-state index contributed by atoms with van der Waals surface area (Å²) >= 11 is 1.29. The molecule has 1 N–H and O–H groups in total. The summed E-state index contributed by atoms with van der Waals surface area (Å²) in [5.74, 6) is 0.568. The van der Waals surface area contributed by atoms with Gasteiger partial charge >= 0.3 is 0 Å². The first-order valence-corrected chi connectivity index (χ1v) is 5.97. The maximum Gasteiger partial charge on any atom is 0.231 e. The fourth-order valence-electron chi connectivity index (χ4n) is 1.06. The van der Waals surface area contributed by atoms with Crippen LogP contribution in [0.15, 0.2) is 22.8 Å². The lowest BCUT2D eigenvalue weighted by atomic mass is 9.96. The van der Waals surface area contributed by atoms with Crippen molar-refractivity contribution in [2.24, 2.45) is 5.41 Å². The molecule has 0 bridgehead atoms. The smallest absolute Gasteiger partial charge is 0.231 e. The van der Waals surface area contributed by atoms with Gasteiger partial charge in [-0.15, -0.1) is 10.2 Å². The van der Waals surface area contributed by atoms with E-state index < -0.39 is 5.41 Å². The van der Waals surface area contributed by atoms with E-state index in [9.17, 15) is 4.79 Å². The van der Waals surface area contributed by atoms with Crippen LogP contribution < -0.4 is 5.32 Å². The summed E-state index contributed by atoms with van der Waals surface area (Å²) in [6.45, 7) is 5.53. The summed E-state index contributed by atoms with van der Waals surface area (Å²) in [6, 6.07) is 3.58. The third-order valence-electron chi connectivity index (χ3n) is 2.06. The van der Waals surface area contributed by atoms with Crippen LogP contribution in [0, 0.1) is 5.41 Å². The molecule has 0 radical (unpaired) electrons. The number of carbonyl (C=O) groups is 1. The lowest BCUT2D eigenvalue weighted by Gasteiger charge is -2.15. The fraction of sp³-hybridized carbons (Fsp3) is 0.364. The van der Waals surface area contributed by atoms with Crippen LogP contribution in [0.5, 0.6) is 0 Å². The zero-order valence-electron chi connectivity index (χ0n) is 9.85. The maximum atomic E-state index is 11.7. The number of hydrogen-bond donors (Lipinski definition) is 1. The molecule has 0 saturated carbocycles. The van der Waals surface area contributed by atoms with Crippen molar-refractivity contribution in [1.82, 2.24) is 10.2 Å². The van der Waals surface area contributed by atoms with E-state index in [-0.39, 0.29) is 5.91 Å². The minimum atomic E-state index is -0.448. The minimum Gasteiger partial charge on any atom is -0.462 e. The summed E-state index contributed by atoms with van der Waals surface area (Å²) < 4.78 is 5.20. The monoisotopic (exact) mass is 251 g/mol. The summed E-state index contributed by atoms with van der Waals surface area (Å²) in [7, 11) is 0. The van der Waals surface area contributed by atoms with E-state index in [1.807, 2.05) is 20.8 Å². The summed E-state index contributed by atoms with van der Waals surface area (Å²) in [6.07, 6.45) is 1.57. The Hall–Kier alpha value is -1.69. The van der Waals surface area contributed by atoms with Crippen molar-refractivity contribution in [3.8, 4) is 10.8 Å². The molecule has 0 saturated heterocycles. The average molecular weight is 251 g/mol. The zero-order valence-corrected chi connectivity index (χ0v) is 10.7. The standard InChI is InChI=1S/C11H13N3O2S/c1-11(2,3)9(15)12-10-14-13-8(17-10)7-5-4-6-16-7/h4-6H,1-3H3,(H,12,14,15). The predicted molar refractivity (Wildman–Crippen MR) is 65.7 cm³/mol. The van der Waals surface area contributed by atoms with E-state index in [2.05, 4.69) is 15.5 Å². The molecule has 2 aromatic rings. The molecule has 1 amide bonds. The van der Waals surface area contributed by atoms with Gasteiger partial charge in [0.05, 0.1) is 6.26 Å². The Bertz CT molecular complexity index is 511. The molecule has 0 aliphatic heterocycles. The first kappa shape index (κ1) is 11.8. The van der Waals surface area contributed by atoms with Crippen molar-refractivity contribution in [3.05, 3.63) is 18.4 Å². The first-order chi connectivity index (χ1) is 7.97. The maximum absolute atomic E-state index is 11.7. The topological polar surface area (TPSA) is 68.0 Å². The Labute approximate surface area is 103 Å². The number of nitrogens with one attached hydrogen (secondary N) is 1. The minimum absolute atomic E-state index is 0.0837. The van der Waals surface area contributed by atoms with E-state index in [1.54, 1.807) is 18.4 Å². The van der Waals surface area contributed by atoms with Gasteiger partial charge in [0.15, 0.2) is 10.8 Å². The molecule has 5 nitrogen and oxygen atoms in total. The molecule has 0 aromatic carbocycles. The molecule has 0 aliphatic rings. The van der Waals surface area contributed by atoms with Gasteiger partial charge < -0.3 is 9.73 Å². The summed E-state index contributed by atoms with van der Waals surface area (Å²) in [5.41, 5.74) is -0.448. The van der Waals surface area contributed by atoms with Crippen LogP contribution in [0.2, 0.25) is 0 Å². The Morgan fingerprint density at radius 1 is 1.41 bits per heavy atom. The van der Waals surface area contributed by atoms with Crippen molar-refractivity contribution in [3.63, 3.8) is 0 Å². The summed E-state index contributed by atoms with van der Waals surface area (Å²) in [5, 5.41) is 11.7. The molecular formula is C11H13N3O2S. The second-order valence-corrected chi connectivity index (χ2v) is 5.57. The molecule has 17 heavy (non-hydrogen) atoms. The number of nitrogens with zero attached hydrogens (tertiary/aromatic N) is 2. The lowest BCUT2D eigenvalue weighted by Crippen LogP contribution is -2.27. The largest absolute Gasteiger partial charge is 0.462 e. The number of carbonyl (C=O) groups excluding carboxylic acids is 1. The SMILES string of the molecule is CC(C)(C)C(=O)Nc1nnc(-c2ccco2)s1. The highest BCUT2D eigenvalue weighted by molar-refractivity contribution is 7.18. The van der Waals surface area contributed by atoms with Crippen LogP contribution in [0.3, 0.4) is 0 Å². The third-order valence-corrected chi connectivity index (χ3v) is 2.91. The molecule has 0 spiro atoms. The molecule has 0 aliphatic carbocycles. The normalized spacial score (nSPS) is 11.5. The molecule has 2 aromatic heterocycles. The van der Waals surface area contributed by atoms with Gasteiger partial charge in [-0.25, -0.2) is 0 Å². The summed E-state index contributed by atoms with van der Waals surface area (Å²) in [4.78, 5) is 11.7. The van der Waals surface area contributed by atoms with Gasteiger partial charge in [0.2, 0.25) is 11.0 Å². The average Bonchev–Trinajstić information content (AvgIpc) is 2.83. The van der Waals surface area contributed by atoms with Crippen molar-refractivity contribution in [2.75, 3.05) is 5.32 Å². The molecule has 0 atom stereocenters.